The first-order valence-electron chi connectivity index (χ1n) is 10.4. The number of rotatable bonds is 7. The van der Waals surface area contributed by atoms with Gasteiger partial charge in [0, 0.05) is 12.0 Å². The summed E-state index contributed by atoms with van der Waals surface area (Å²) >= 11 is 0. The van der Waals surface area contributed by atoms with Crippen LogP contribution in [0.4, 0.5) is 0 Å². The Hall–Kier alpha value is -2.49. The van der Waals surface area contributed by atoms with E-state index in [2.05, 4.69) is 46.8 Å². The highest BCUT2D eigenvalue weighted by Crippen LogP contribution is 2.48. The fourth-order valence-electron chi connectivity index (χ4n) is 3.97. The highest BCUT2D eigenvalue weighted by Gasteiger charge is 2.44. The Morgan fingerprint density at radius 2 is 1.97 bits per heavy atom. The summed E-state index contributed by atoms with van der Waals surface area (Å²) in [5.74, 6) is 1.29. The molecule has 2 heterocycles. The normalized spacial score (nSPS) is 21.0. The van der Waals surface area contributed by atoms with Crippen LogP contribution in [0.2, 0.25) is 0 Å². The molecule has 29 heavy (non-hydrogen) atoms. The van der Waals surface area contributed by atoms with Crippen LogP contribution in [0, 0.1) is 0 Å². The minimum atomic E-state index is -0.429. The van der Waals surface area contributed by atoms with Crippen molar-refractivity contribution in [2.24, 2.45) is 0 Å². The van der Waals surface area contributed by atoms with E-state index in [1.165, 1.54) is 11.1 Å². The summed E-state index contributed by atoms with van der Waals surface area (Å²) in [6, 6.07) is 5.51. The lowest BCUT2D eigenvalue weighted by Gasteiger charge is -2.28. The molecular weight excluding hydrogens is 364 g/mol. The van der Waals surface area contributed by atoms with E-state index in [4.69, 9.17) is 13.9 Å². The Kier molecular flexibility index (Phi) is 6.21. The van der Waals surface area contributed by atoms with Crippen molar-refractivity contribution in [1.29, 1.82) is 0 Å². The van der Waals surface area contributed by atoms with Crippen molar-refractivity contribution in [1.82, 2.24) is 0 Å². The molecule has 3 rings (SSSR count). The summed E-state index contributed by atoms with van der Waals surface area (Å²) in [6.07, 6.45) is 8.50. The Balaban J connectivity index is 1.79. The van der Waals surface area contributed by atoms with Crippen molar-refractivity contribution < 1.29 is 13.9 Å². The third-order valence-electron chi connectivity index (χ3n) is 6.01. The Morgan fingerprint density at radius 3 is 2.66 bits per heavy atom. The predicted octanol–water partition coefficient (Wildman–Crippen LogP) is 6.53. The van der Waals surface area contributed by atoms with Gasteiger partial charge in [-0.2, -0.15) is 0 Å². The van der Waals surface area contributed by atoms with Gasteiger partial charge in [0.25, 0.3) is 0 Å². The molecule has 4 nitrogen and oxygen atoms in total. The van der Waals surface area contributed by atoms with E-state index < -0.39 is 5.60 Å². The summed E-state index contributed by atoms with van der Waals surface area (Å²) in [6.45, 7) is 10.6. The zero-order valence-corrected chi connectivity index (χ0v) is 18.4. The van der Waals surface area contributed by atoms with Crippen LogP contribution in [0.25, 0.3) is 11.0 Å². The molecule has 0 amide bonds. The van der Waals surface area contributed by atoms with Crippen molar-refractivity contribution in [3.8, 4) is 11.5 Å². The van der Waals surface area contributed by atoms with Crippen LogP contribution < -0.4 is 15.1 Å². The van der Waals surface area contributed by atoms with E-state index in [9.17, 15) is 4.79 Å². The van der Waals surface area contributed by atoms with E-state index in [1.807, 2.05) is 12.1 Å². The maximum atomic E-state index is 12.7. The smallest absolute Gasteiger partial charge is 0.343 e. The van der Waals surface area contributed by atoms with Gasteiger partial charge >= 0.3 is 5.63 Å². The molecule has 0 unspecified atom stereocenters. The molecule has 0 aliphatic carbocycles. The molecular formula is C25H32O4. The molecule has 2 aromatic rings. The second-order valence-electron chi connectivity index (χ2n) is 8.54. The molecule has 0 fully saturated rings. The van der Waals surface area contributed by atoms with Crippen LogP contribution in [-0.2, 0) is 0 Å². The molecule has 1 aliphatic heterocycles. The van der Waals surface area contributed by atoms with Gasteiger partial charge in [-0.3, -0.25) is 0 Å². The van der Waals surface area contributed by atoms with Crippen molar-refractivity contribution in [3.05, 3.63) is 57.5 Å². The summed E-state index contributed by atoms with van der Waals surface area (Å²) in [5, 5.41) is 0.824. The molecule has 0 radical (unpaired) electrons. The van der Waals surface area contributed by atoms with Crippen LogP contribution in [0.15, 0.2) is 50.7 Å². The Morgan fingerprint density at radius 1 is 1.21 bits per heavy atom. The number of benzene rings is 1. The summed E-state index contributed by atoms with van der Waals surface area (Å²) in [5.41, 5.74) is 3.16. The Bertz CT molecular complexity index is 1010. The van der Waals surface area contributed by atoms with E-state index in [-0.39, 0.29) is 11.5 Å². The van der Waals surface area contributed by atoms with Gasteiger partial charge in [0.05, 0.1) is 18.1 Å². The van der Waals surface area contributed by atoms with Crippen LogP contribution >= 0.6 is 0 Å². The average Bonchev–Trinajstić information content (AvgIpc) is 2.93. The highest BCUT2D eigenvalue weighted by molar-refractivity contribution is 5.86. The number of fused-ring (bicyclic) bond motifs is 3. The van der Waals surface area contributed by atoms with Gasteiger partial charge in [0.15, 0.2) is 0 Å². The second-order valence-corrected chi connectivity index (χ2v) is 8.54. The maximum absolute atomic E-state index is 12.7. The lowest BCUT2D eigenvalue weighted by atomic mass is 9.84. The third-order valence-corrected chi connectivity index (χ3v) is 6.01. The van der Waals surface area contributed by atoms with E-state index in [0.717, 1.165) is 31.1 Å². The SMILES string of the molecule is COc1ccc2c3c(c(=O)oc2c1)[C@H](C)[C@](C)(CCC=C(C)CCC=C(C)C)O3. The molecule has 0 N–H and O–H groups in total. The van der Waals surface area contributed by atoms with Gasteiger partial charge in [-0.25, -0.2) is 4.79 Å². The van der Waals surface area contributed by atoms with Crippen molar-refractivity contribution >= 4 is 11.0 Å². The van der Waals surface area contributed by atoms with Gasteiger partial charge in [-0.05, 0) is 65.5 Å². The highest BCUT2D eigenvalue weighted by atomic mass is 16.5. The van der Waals surface area contributed by atoms with E-state index >= 15 is 0 Å². The average molecular weight is 397 g/mol. The standard InChI is InChI=1S/C25H32O4/c1-16(2)9-7-10-17(3)11-8-14-25(5)18(4)22-23(29-25)20-13-12-19(27-6)15-21(20)28-24(22)26/h9,11-13,15,18H,7-8,10,14H2,1-6H3/t18-,25-/m0/s1. The monoisotopic (exact) mass is 396 g/mol. The minimum absolute atomic E-state index is 0.0281. The molecule has 1 aliphatic rings. The molecule has 2 atom stereocenters. The van der Waals surface area contributed by atoms with Gasteiger partial charge in [-0.1, -0.05) is 30.2 Å². The molecule has 0 saturated carbocycles. The lowest BCUT2D eigenvalue weighted by Crippen LogP contribution is -2.33. The van der Waals surface area contributed by atoms with E-state index in [1.54, 1.807) is 13.2 Å². The fraction of sp³-hybridized carbons (Fsp3) is 0.480. The first-order valence-corrected chi connectivity index (χ1v) is 10.4. The zero-order valence-electron chi connectivity index (χ0n) is 18.4. The lowest BCUT2D eigenvalue weighted by molar-refractivity contribution is 0.0862. The number of allylic oxidation sites excluding steroid dienone is 4. The third kappa shape index (κ3) is 4.42. The topological polar surface area (TPSA) is 48.7 Å². The van der Waals surface area contributed by atoms with Gasteiger partial charge in [-0.15, -0.1) is 0 Å². The molecule has 0 saturated heterocycles. The number of hydrogen-bond donors (Lipinski definition) is 0. The van der Waals surface area contributed by atoms with Crippen molar-refractivity contribution in [3.63, 3.8) is 0 Å². The predicted molar refractivity (Wildman–Crippen MR) is 118 cm³/mol. The zero-order chi connectivity index (χ0) is 21.2. The largest absolute Gasteiger partial charge is 0.497 e. The summed E-state index contributed by atoms with van der Waals surface area (Å²) < 4.78 is 17.3. The number of hydrogen-bond acceptors (Lipinski definition) is 4. The molecule has 0 spiro atoms. The Labute approximate surface area is 173 Å². The van der Waals surface area contributed by atoms with Crippen LogP contribution in [0.5, 0.6) is 11.5 Å². The molecule has 1 aromatic carbocycles. The summed E-state index contributed by atoms with van der Waals surface area (Å²) in [7, 11) is 1.59. The first kappa shape index (κ1) is 21.2. The molecule has 0 bridgehead atoms. The van der Waals surface area contributed by atoms with Gasteiger partial charge in [0.1, 0.15) is 22.7 Å². The quantitative estimate of drug-likeness (QED) is 0.394. The molecule has 1 aromatic heterocycles. The van der Waals surface area contributed by atoms with Gasteiger partial charge in [0.2, 0.25) is 0 Å². The molecule has 4 heteroatoms. The summed E-state index contributed by atoms with van der Waals surface area (Å²) in [4.78, 5) is 12.7. The molecule has 156 valence electrons. The van der Waals surface area contributed by atoms with Crippen LogP contribution in [0.3, 0.4) is 0 Å². The fourth-order valence-corrected chi connectivity index (χ4v) is 3.97. The van der Waals surface area contributed by atoms with Crippen molar-refractivity contribution in [2.45, 2.75) is 71.8 Å². The number of ether oxygens (including phenoxy) is 2. The number of methoxy groups -OCH3 is 1. The van der Waals surface area contributed by atoms with Gasteiger partial charge < -0.3 is 13.9 Å². The second kappa shape index (κ2) is 8.48. The maximum Gasteiger partial charge on any atom is 0.343 e. The van der Waals surface area contributed by atoms with Crippen molar-refractivity contribution in [2.75, 3.05) is 7.11 Å². The first-order chi connectivity index (χ1) is 13.7. The minimum Gasteiger partial charge on any atom is -0.497 e. The van der Waals surface area contributed by atoms with Crippen LogP contribution in [0.1, 0.15) is 71.8 Å². The van der Waals surface area contributed by atoms with E-state index in [0.29, 0.717) is 22.6 Å². The van der Waals surface area contributed by atoms with Crippen LogP contribution in [-0.4, -0.2) is 12.7 Å².